The number of carbonyl (C=O) groups is 1. The Morgan fingerprint density at radius 1 is 1.37 bits per heavy atom. The molecule has 1 aromatic heterocycles. The third-order valence-corrected chi connectivity index (χ3v) is 3.79. The van der Waals surface area contributed by atoms with Gasteiger partial charge in [0.25, 0.3) is 0 Å². The first-order valence-corrected chi connectivity index (χ1v) is 7.00. The van der Waals surface area contributed by atoms with Crippen LogP contribution in [-0.2, 0) is 15.3 Å². The molecule has 0 saturated carbocycles. The lowest BCUT2D eigenvalue weighted by Crippen LogP contribution is -2.15. The predicted octanol–water partition coefficient (Wildman–Crippen LogP) is 2.14. The molecule has 0 bridgehead atoms. The summed E-state index contributed by atoms with van der Waals surface area (Å²) in [6, 6.07) is 1.75. The second-order valence-corrected chi connectivity index (χ2v) is 4.96. The van der Waals surface area contributed by atoms with E-state index in [4.69, 9.17) is 9.47 Å². The van der Waals surface area contributed by atoms with E-state index in [-0.39, 0.29) is 11.9 Å². The molecule has 0 aromatic carbocycles. The Labute approximate surface area is 117 Å². The molecule has 0 aliphatic carbocycles. The van der Waals surface area contributed by atoms with Crippen LogP contribution in [0.4, 0.5) is 0 Å². The lowest BCUT2D eigenvalue weighted by atomic mass is 10.2. The summed E-state index contributed by atoms with van der Waals surface area (Å²) in [5, 5.41) is 0. The summed E-state index contributed by atoms with van der Waals surface area (Å²) in [6.07, 6.45) is 1.68. The first-order valence-electron chi connectivity index (χ1n) is 5.85. The van der Waals surface area contributed by atoms with Gasteiger partial charge in [0.1, 0.15) is 0 Å². The van der Waals surface area contributed by atoms with Crippen LogP contribution < -0.4 is 9.47 Å². The SMILES string of the molecule is COC(=O)C(C)CSCc1nccc(OC)c1OC. The standard InChI is InChI=1S/C13H19NO4S/c1-9(13(15)18-4)7-19-8-10-12(17-3)11(16-2)5-6-14-10/h5-6,9H,7-8H2,1-4H3. The summed E-state index contributed by atoms with van der Waals surface area (Å²) < 4.78 is 15.2. The fourth-order valence-corrected chi connectivity index (χ4v) is 2.56. The van der Waals surface area contributed by atoms with E-state index in [1.807, 2.05) is 6.92 Å². The van der Waals surface area contributed by atoms with Crippen molar-refractivity contribution in [1.29, 1.82) is 0 Å². The lowest BCUT2D eigenvalue weighted by Gasteiger charge is -2.12. The van der Waals surface area contributed by atoms with E-state index in [1.165, 1.54) is 7.11 Å². The molecule has 5 nitrogen and oxygen atoms in total. The molecule has 1 atom stereocenters. The van der Waals surface area contributed by atoms with E-state index < -0.39 is 0 Å². The van der Waals surface area contributed by atoms with Crippen LogP contribution in [0.2, 0.25) is 0 Å². The average Bonchev–Trinajstić information content (AvgIpc) is 2.45. The van der Waals surface area contributed by atoms with Crippen molar-refractivity contribution >= 4 is 17.7 Å². The highest BCUT2D eigenvalue weighted by atomic mass is 32.2. The molecule has 0 amide bonds. The fraction of sp³-hybridized carbons (Fsp3) is 0.538. The summed E-state index contributed by atoms with van der Waals surface area (Å²) in [5.41, 5.74) is 0.809. The van der Waals surface area contributed by atoms with Gasteiger partial charge < -0.3 is 14.2 Å². The number of ether oxygens (including phenoxy) is 3. The molecule has 0 spiro atoms. The van der Waals surface area contributed by atoms with Crippen molar-refractivity contribution in [1.82, 2.24) is 4.98 Å². The van der Waals surface area contributed by atoms with Gasteiger partial charge in [0.05, 0.1) is 32.9 Å². The Kier molecular flexibility index (Phi) is 6.49. The smallest absolute Gasteiger partial charge is 0.309 e. The number of esters is 1. The normalized spacial score (nSPS) is 11.8. The molecular weight excluding hydrogens is 266 g/mol. The maximum Gasteiger partial charge on any atom is 0.309 e. The van der Waals surface area contributed by atoms with Crippen molar-refractivity contribution in [3.05, 3.63) is 18.0 Å². The molecular formula is C13H19NO4S. The van der Waals surface area contributed by atoms with Gasteiger partial charge in [-0.1, -0.05) is 6.92 Å². The largest absolute Gasteiger partial charge is 0.493 e. The van der Waals surface area contributed by atoms with E-state index in [0.29, 0.717) is 23.0 Å². The van der Waals surface area contributed by atoms with Crippen LogP contribution in [0.25, 0.3) is 0 Å². The van der Waals surface area contributed by atoms with Gasteiger partial charge in [-0.3, -0.25) is 9.78 Å². The van der Waals surface area contributed by atoms with Gasteiger partial charge in [0.15, 0.2) is 11.5 Å². The molecule has 0 N–H and O–H groups in total. The van der Waals surface area contributed by atoms with Gasteiger partial charge in [0.2, 0.25) is 0 Å². The van der Waals surface area contributed by atoms with Crippen LogP contribution in [0.15, 0.2) is 12.3 Å². The Bertz CT molecular complexity index is 425. The average molecular weight is 285 g/mol. The number of hydrogen-bond donors (Lipinski definition) is 0. The number of pyridine rings is 1. The van der Waals surface area contributed by atoms with Gasteiger partial charge in [-0.15, -0.1) is 0 Å². The van der Waals surface area contributed by atoms with Crippen molar-refractivity contribution in [3.63, 3.8) is 0 Å². The van der Waals surface area contributed by atoms with E-state index in [9.17, 15) is 4.79 Å². The Balaban J connectivity index is 2.60. The number of hydrogen-bond acceptors (Lipinski definition) is 6. The summed E-state index contributed by atoms with van der Waals surface area (Å²) in [6.45, 7) is 1.84. The highest BCUT2D eigenvalue weighted by molar-refractivity contribution is 7.98. The topological polar surface area (TPSA) is 57.7 Å². The van der Waals surface area contributed by atoms with E-state index in [2.05, 4.69) is 9.72 Å². The maximum absolute atomic E-state index is 11.3. The predicted molar refractivity (Wildman–Crippen MR) is 74.7 cm³/mol. The lowest BCUT2D eigenvalue weighted by molar-refractivity contribution is -0.143. The van der Waals surface area contributed by atoms with E-state index in [1.54, 1.807) is 38.2 Å². The number of methoxy groups -OCH3 is 3. The molecule has 1 rings (SSSR count). The van der Waals surface area contributed by atoms with Crippen LogP contribution in [0, 0.1) is 5.92 Å². The minimum absolute atomic E-state index is 0.133. The zero-order valence-corrected chi connectivity index (χ0v) is 12.5. The molecule has 1 unspecified atom stereocenters. The zero-order chi connectivity index (χ0) is 14.3. The van der Waals surface area contributed by atoms with Crippen LogP contribution in [0.5, 0.6) is 11.5 Å². The van der Waals surface area contributed by atoms with Gasteiger partial charge in [-0.05, 0) is 0 Å². The van der Waals surface area contributed by atoms with Crippen molar-refractivity contribution in [3.8, 4) is 11.5 Å². The first-order chi connectivity index (χ1) is 9.13. The first kappa shape index (κ1) is 15.6. The zero-order valence-electron chi connectivity index (χ0n) is 11.6. The number of carbonyl (C=O) groups excluding carboxylic acids is 1. The van der Waals surface area contributed by atoms with Crippen LogP contribution in [0.1, 0.15) is 12.6 Å². The summed E-state index contributed by atoms with van der Waals surface area (Å²) in [4.78, 5) is 15.6. The van der Waals surface area contributed by atoms with Gasteiger partial charge >= 0.3 is 5.97 Å². The highest BCUT2D eigenvalue weighted by Crippen LogP contribution is 2.31. The quantitative estimate of drug-likeness (QED) is 0.715. The third-order valence-electron chi connectivity index (χ3n) is 2.58. The molecule has 106 valence electrons. The van der Waals surface area contributed by atoms with Gasteiger partial charge in [-0.2, -0.15) is 11.8 Å². The number of aromatic nitrogens is 1. The van der Waals surface area contributed by atoms with Crippen molar-refractivity contribution in [2.75, 3.05) is 27.1 Å². The molecule has 1 aromatic rings. The second-order valence-electron chi connectivity index (χ2n) is 3.93. The Morgan fingerprint density at radius 3 is 2.68 bits per heavy atom. The molecule has 0 saturated heterocycles. The Hall–Kier alpha value is -1.43. The van der Waals surface area contributed by atoms with Gasteiger partial charge in [0, 0.05) is 23.8 Å². The molecule has 0 fully saturated rings. The second kappa shape index (κ2) is 7.89. The molecule has 0 aliphatic heterocycles. The maximum atomic E-state index is 11.3. The Morgan fingerprint density at radius 2 is 2.11 bits per heavy atom. The highest BCUT2D eigenvalue weighted by Gasteiger charge is 2.15. The fourth-order valence-electron chi connectivity index (χ4n) is 1.56. The number of thioether (sulfide) groups is 1. The molecule has 0 radical (unpaired) electrons. The van der Waals surface area contributed by atoms with Crippen LogP contribution in [0.3, 0.4) is 0 Å². The number of rotatable bonds is 7. The van der Waals surface area contributed by atoms with Crippen LogP contribution in [-0.4, -0.2) is 38.0 Å². The van der Waals surface area contributed by atoms with Crippen LogP contribution >= 0.6 is 11.8 Å². The van der Waals surface area contributed by atoms with Crippen molar-refractivity contribution < 1.29 is 19.0 Å². The number of nitrogens with zero attached hydrogens (tertiary/aromatic N) is 1. The third kappa shape index (κ3) is 4.31. The minimum atomic E-state index is -0.196. The van der Waals surface area contributed by atoms with Crippen molar-refractivity contribution in [2.45, 2.75) is 12.7 Å². The minimum Gasteiger partial charge on any atom is -0.493 e. The van der Waals surface area contributed by atoms with E-state index in [0.717, 1.165) is 5.69 Å². The summed E-state index contributed by atoms with van der Waals surface area (Å²) in [5.74, 6) is 2.30. The summed E-state index contributed by atoms with van der Waals surface area (Å²) >= 11 is 1.61. The summed E-state index contributed by atoms with van der Waals surface area (Å²) in [7, 11) is 4.58. The van der Waals surface area contributed by atoms with E-state index >= 15 is 0 Å². The monoisotopic (exact) mass is 285 g/mol. The molecule has 19 heavy (non-hydrogen) atoms. The van der Waals surface area contributed by atoms with Crippen molar-refractivity contribution in [2.24, 2.45) is 5.92 Å². The van der Waals surface area contributed by atoms with Gasteiger partial charge in [-0.25, -0.2) is 0 Å². The molecule has 0 aliphatic rings. The molecule has 6 heteroatoms. The molecule has 1 heterocycles.